The van der Waals surface area contributed by atoms with Crippen LogP contribution in [0.3, 0.4) is 0 Å². The summed E-state index contributed by atoms with van der Waals surface area (Å²) in [5.41, 5.74) is 0.258. The zero-order valence-corrected chi connectivity index (χ0v) is 18.3. The molecule has 0 aliphatic rings. The Kier molecular flexibility index (Phi) is 5.81. The third kappa shape index (κ3) is 4.76. The van der Waals surface area contributed by atoms with Gasteiger partial charge in [0.15, 0.2) is 5.82 Å². The Bertz CT molecular complexity index is 1300. The number of fused-ring (bicyclic) bond motifs is 1. The third-order valence-electron chi connectivity index (χ3n) is 4.48. The molecule has 0 saturated heterocycles. The predicted octanol–water partition coefficient (Wildman–Crippen LogP) is 4.08. The van der Waals surface area contributed by atoms with E-state index in [-0.39, 0.29) is 11.6 Å². The van der Waals surface area contributed by atoms with Gasteiger partial charge in [0.25, 0.3) is 0 Å². The fourth-order valence-corrected chi connectivity index (χ4v) is 5.94. The number of rotatable bonds is 6. The first kappa shape index (κ1) is 21.8. The van der Waals surface area contributed by atoms with Crippen LogP contribution in [-0.2, 0) is 9.13 Å². The number of nitrogens with zero attached hydrogens (tertiary/aromatic N) is 2. The van der Waals surface area contributed by atoms with Gasteiger partial charge in [-0.1, -0.05) is 54.6 Å². The lowest BCUT2D eigenvalue weighted by Gasteiger charge is -2.21. The molecule has 0 fully saturated rings. The third-order valence-corrected chi connectivity index (χ3v) is 8.62. The van der Waals surface area contributed by atoms with E-state index in [2.05, 4.69) is 15.3 Å². The van der Waals surface area contributed by atoms with E-state index in [4.69, 9.17) is 0 Å². The summed E-state index contributed by atoms with van der Waals surface area (Å²) >= 11 is 1.27. The summed E-state index contributed by atoms with van der Waals surface area (Å²) in [6.45, 7) is 0. The molecule has 4 aromatic rings. The Balaban J connectivity index is 1.75. The fourth-order valence-electron chi connectivity index (χ4n) is 3.02. The van der Waals surface area contributed by atoms with Crippen molar-refractivity contribution >= 4 is 42.6 Å². The van der Waals surface area contributed by atoms with Crippen LogP contribution >= 0.6 is 26.5 Å². The number of thiophene rings is 1. The van der Waals surface area contributed by atoms with Crippen LogP contribution in [0.15, 0.2) is 66.0 Å². The first-order valence-electron chi connectivity index (χ1n) is 8.91. The van der Waals surface area contributed by atoms with Crippen LogP contribution in [0, 0.1) is 0 Å². The Hall–Kier alpha value is -2.42. The van der Waals surface area contributed by atoms with Crippen LogP contribution < -0.4 is 5.32 Å². The molecular weight excluding hydrogens is 460 g/mol. The summed E-state index contributed by atoms with van der Waals surface area (Å²) in [6.07, 6.45) is 0. The average molecular weight is 477 g/mol. The van der Waals surface area contributed by atoms with Gasteiger partial charge in [0, 0.05) is 5.56 Å². The topological polar surface area (TPSA) is 153 Å². The molecule has 0 amide bonds. The second-order valence-electron chi connectivity index (χ2n) is 6.67. The second kappa shape index (κ2) is 8.26. The number of anilines is 1. The van der Waals surface area contributed by atoms with E-state index in [0.717, 1.165) is 11.1 Å². The maximum absolute atomic E-state index is 11.7. The summed E-state index contributed by atoms with van der Waals surface area (Å²) in [4.78, 5) is 47.0. The van der Waals surface area contributed by atoms with Crippen LogP contribution in [0.1, 0.15) is 0 Å². The molecule has 0 aliphatic carbocycles. The quantitative estimate of drug-likeness (QED) is 0.259. The minimum Gasteiger partial charge on any atom is -0.346 e. The largest absolute Gasteiger partial charge is 0.360 e. The van der Waals surface area contributed by atoms with Crippen molar-refractivity contribution in [1.29, 1.82) is 0 Å². The molecule has 0 aliphatic heterocycles. The van der Waals surface area contributed by atoms with Gasteiger partial charge in [-0.25, -0.2) is 9.97 Å². The number of aromatic nitrogens is 2. The number of benzene rings is 2. The van der Waals surface area contributed by atoms with E-state index in [1.807, 2.05) is 54.6 Å². The van der Waals surface area contributed by atoms with Crippen molar-refractivity contribution in [2.45, 2.75) is 5.52 Å². The Morgan fingerprint density at radius 2 is 1.35 bits per heavy atom. The fraction of sp³-hybridized carbons (Fsp3) is 0.0526. The lowest BCUT2D eigenvalue weighted by Crippen LogP contribution is -2.21. The van der Waals surface area contributed by atoms with E-state index in [1.165, 1.54) is 11.3 Å². The molecule has 0 radical (unpaired) electrons. The second-order valence-corrected chi connectivity index (χ2v) is 11.4. The van der Waals surface area contributed by atoms with Gasteiger partial charge >= 0.3 is 15.2 Å². The monoisotopic (exact) mass is 477 g/mol. The zero-order chi connectivity index (χ0) is 22.2. The molecule has 31 heavy (non-hydrogen) atoms. The van der Waals surface area contributed by atoms with Crippen LogP contribution in [-0.4, -0.2) is 35.1 Å². The van der Waals surface area contributed by atoms with Crippen LogP contribution in [0.25, 0.3) is 32.7 Å². The van der Waals surface area contributed by atoms with Gasteiger partial charge in [-0.2, -0.15) is 0 Å². The highest BCUT2D eigenvalue weighted by atomic mass is 32.1. The number of hydrogen-bond acceptors (Lipinski definition) is 6. The average Bonchev–Trinajstić information content (AvgIpc) is 3.20. The van der Waals surface area contributed by atoms with Crippen LogP contribution in [0.4, 0.5) is 5.82 Å². The number of hydrogen-bond donors (Lipinski definition) is 5. The Labute approximate surface area is 180 Å². The van der Waals surface area contributed by atoms with Crippen molar-refractivity contribution in [1.82, 2.24) is 9.97 Å². The smallest absolute Gasteiger partial charge is 0.346 e. The molecule has 0 unspecified atom stereocenters. The van der Waals surface area contributed by atoms with Gasteiger partial charge in [-0.15, -0.1) is 11.3 Å². The first-order chi connectivity index (χ1) is 14.6. The van der Waals surface area contributed by atoms with Crippen molar-refractivity contribution in [2.75, 3.05) is 5.32 Å². The highest BCUT2D eigenvalue weighted by Gasteiger charge is 2.44. The Morgan fingerprint density at radius 3 is 1.97 bits per heavy atom. The minimum atomic E-state index is -5.18. The summed E-state index contributed by atoms with van der Waals surface area (Å²) in [7, 11) is -10.4. The molecule has 2 aromatic heterocycles. The molecule has 4 rings (SSSR count). The Morgan fingerprint density at radius 1 is 0.774 bits per heavy atom. The molecule has 2 aromatic carbocycles. The van der Waals surface area contributed by atoms with Crippen molar-refractivity contribution in [3.8, 4) is 22.5 Å². The lowest BCUT2D eigenvalue weighted by molar-refractivity contribution is 0.343. The van der Waals surface area contributed by atoms with Crippen molar-refractivity contribution < 1.29 is 28.7 Å². The molecule has 160 valence electrons. The molecule has 0 bridgehead atoms. The van der Waals surface area contributed by atoms with E-state index in [0.29, 0.717) is 15.8 Å². The van der Waals surface area contributed by atoms with E-state index < -0.39 is 20.7 Å². The van der Waals surface area contributed by atoms with Crippen molar-refractivity contribution in [3.63, 3.8) is 0 Å². The highest BCUT2D eigenvalue weighted by Crippen LogP contribution is 2.59. The molecule has 0 atom stereocenters. The van der Waals surface area contributed by atoms with Crippen molar-refractivity contribution in [2.24, 2.45) is 0 Å². The molecule has 0 saturated carbocycles. The van der Waals surface area contributed by atoms with Gasteiger partial charge < -0.3 is 24.9 Å². The van der Waals surface area contributed by atoms with Gasteiger partial charge in [-0.3, -0.25) is 9.13 Å². The first-order valence-corrected chi connectivity index (χ1v) is 13.2. The molecule has 2 heterocycles. The molecule has 5 N–H and O–H groups in total. The number of nitrogens with one attached hydrogen (secondary N) is 1. The minimum absolute atomic E-state index is 0.0648. The molecule has 0 spiro atoms. The van der Waals surface area contributed by atoms with Crippen LogP contribution in [0.5, 0.6) is 0 Å². The summed E-state index contributed by atoms with van der Waals surface area (Å²) in [5, 5.41) is 4.37. The predicted molar refractivity (Wildman–Crippen MR) is 120 cm³/mol. The van der Waals surface area contributed by atoms with Crippen molar-refractivity contribution in [3.05, 3.63) is 66.0 Å². The summed E-state index contributed by atoms with van der Waals surface area (Å²) in [5.74, 6) is 0.192. The van der Waals surface area contributed by atoms with Gasteiger partial charge in [0.05, 0.1) is 5.39 Å². The van der Waals surface area contributed by atoms with Crippen LogP contribution in [0.2, 0.25) is 0 Å². The molecule has 9 nitrogen and oxygen atoms in total. The van der Waals surface area contributed by atoms with E-state index in [9.17, 15) is 28.7 Å². The maximum Gasteiger partial charge on any atom is 0.360 e. The van der Waals surface area contributed by atoms with Gasteiger partial charge in [0.2, 0.25) is 5.52 Å². The standard InChI is InChI=1S/C19H17N3O6P2S/c23-29(24,25)19(30(26,27)28)22-17-15-10-11-31-18(15)21-16(20-17)14-8-6-13(7-9-14)12-4-2-1-3-5-12/h1-11,19H,(H,20,21,22)(H2,23,24,25)(H2,26,27,28). The lowest BCUT2D eigenvalue weighted by atomic mass is 10.0. The molecule has 12 heteroatoms. The highest BCUT2D eigenvalue weighted by molar-refractivity contribution is 7.71. The molecular formula is C19H17N3O6P2S. The summed E-state index contributed by atoms with van der Waals surface area (Å²) < 4.78 is 23.4. The normalized spacial score (nSPS) is 12.4. The zero-order valence-electron chi connectivity index (χ0n) is 15.7. The SMILES string of the molecule is O=P(O)(O)C(Nc1nc(-c2ccc(-c3ccccc3)cc2)nc2sccc12)P(=O)(O)O. The van der Waals surface area contributed by atoms with Gasteiger partial charge in [0.1, 0.15) is 10.6 Å². The van der Waals surface area contributed by atoms with E-state index >= 15 is 0 Å². The maximum atomic E-state index is 11.7. The summed E-state index contributed by atoms with van der Waals surface area (Å²) in [6, 6.07) is 18.8. The van der Waals surface area contributed by atoms with Gasteiger partial charge in [-0.05, 0) is 22.6 Å². The van der Waals surface area contributed by atoms with E-state index in [1.54, 1.807) is 11.4 Å².